The largest absolute Gasteiger partial charge is 0.487 e. The van der Waals surface area contributed by atoms with Crippen LogP contribution in [0.3, 0.4) is 0 Å². The fourth-order valence-electron chi connectivity index (χ4n) is 1.28. The highest BCUT2D eigenvalue weighted by molar-refractivity contribution is 5.33. The molecule has 96 valence electrons. The molecule has 1 aromatic carbocycles. The van der Waals surface area contributed by atoms with E-state index in [1.165, 1.54) is 12.1 Å². The quantitative estimate of drug-likeness (QED) is 0.882. The van der Waals surface area contributed by atoms with Gasteiger partial charge in [-0.15, -0.1) is 5.10 Å². The molecule has 0 saturated carbocycles. The molecule has 3 N–H and O–H groups in total. The first kappa shape index (κ1) is 12.2. The van der Waals surface area contributed by atoms with Crippen molar-refractivity contribution in [2.24, 2.45) is 0 Å². The number of alkyl halides is 3. The van der Waals surface area contributed by atoms with E-state index >= 15 is 0 Å². The topological polar surface area (TPSA) is 76.8 Å². The van der Waals surface area contributed by atoms with Crippen LogP contribution in [0.5, 0.6) is 5.75 Å². The van der Waals surface area contributed by atoms with E-state index in [0.717, 1.165) is 12.1 Å². The van der Waals surface area contributed by atoms with E-state index in [0.29, 0.717) is 5.69 Å². The van der Waals surface area contributed by atoms with E-state index in [1.807, 2.05) is 0 Å². The Hall–Kier alpha value is -2.25. The van der Waals surface area contributed by atoms with Gasteiger partial charge in [-0.25, -0.2) is 0 Å². The van der Waals surface area contributed by atoms with Gasteiger partial charge in [-0.1, -0.05) is 6.07 Å². The summed E-state index contributed by atoms with van der Waals surface area (Å²) in [6.07, 6.45) is -4.40. The number of H-pyrrole nitrogens is 1. The van der Waals surface area contributed by atoms with Crippen molar-refractivity contribution in [1.82, 2.24) is 15.4 Å². The monoisotopic (exact) mass is 258 g/mol. The molecule has 0 bridgehead atoms. The predicted octanol–water partition coefficient (Wildman–Crippen LogP) is 1.98. The van der Waals surface area contributed by atoms with Crippen molar-refractivity contribution in [2.75, 3.05) is 5.73 Å². The van der Waals surface area contributed by atoms with Gasteiger partial charge in [0.2, 0.25) is 0 Å². The van der Waals surface area contributed by atoms with Gasteiger partial charge in [0.05, 0.1) is 5.56 Å². The number of hydrogen-bond donors (Lipinski definition) is 2. The summed E-state index contributed by atoms with van der Waals surface area (Å²) in [4.78, 5) is 0. The number of aromatic nitrogens is 3. The normalized spacial score (nSPS) is 11.5. The van der Waals surface area contributed by atoms with E-state index in [2.05, 4.69) is 15.4 Å². The second-order valence-electron chi connectivity index (χ2n) is 3.47. The Labute approximate surface area is 99.8 Å². The molecule has 1 heterocycles. The van der Waals surface area contributed by atoms with Gasteiger partial charge in [0.1, 0.15) is 18.1 Å². The molecule has 0 aliphatic heterocycles. The summed E-state index contributed by atoms with van der Waals surface area (Å²) in [5.41, 5.74) is 5.01. The van der Waals surface area contributed by atoms with Crippen molar-refractivity contribution in [3.05, 3.63) is 35.5 Å². The van der Waals surface area contributed by atoms with Crippen molar-refractivity contribution in [1.29, 1.82) is 0 Å². The lowest BCUT2D eigenvalue weighted by Crippen LogP contribution is -2.05. The highest BCUT2D eigenvalue weighted by Crippen LogP contribution is 2.31. The number of aromatic amines is 1. The lowest BCUT2D eigenvalue weighted by atomic mass is 10.2. The average Bonchev–Trinajstić information content (AvgIpc) is 2.72. The fourth-order valence-corrected chi connectivity index (χ4v) is 1.28. The Balaban J connectivity index is 2.09. The smallest absolute Gasteiger partial charge is 0.416 e. The maximum Gasteiger partial charge on any atom is 0.416 e. The Morgan fingerprint density at radius 3 is 2.67 bits per heavy atom. The van der Waals surface area contributed by atoms with Gasteiger partial charge in [0, 0.05) is 0 Å². The Kier molecular flexibility index (Phi) is 3.09. The minimum atomic E-state index is -4.40. The van der Waals surface area contributed by atoms with Gasteiger partial charge in [-0.05, 0) is 18.2 Å². The van der Waals surface area contributed by atoms with Crippen molar-refractivity contribution in [3.63, 3.8) is 0 Å². The van der Waals surface area contributed by atoms with Crippen LogP contribution in [0, 0.1) is 0 Å². The van der Waals surface area contributed by atoms with Crippen molar-refractivity contribution < 1.29 is 17.9 Å². The molecule has 0 radical (unpaired) electrons. The Morgan fingerprint density at radius 1 is 1.28 bits per heavy atom. The molecule has 0 unspecified atom stereocenters. The highest BCUT2D eigenvalue weighted by atomic mass is 19.4. The third-order valence-corrected chi connectivity index (χ3v) is 2.19. The minimum absolute atomic E-state index is 0.0519. The summed E-state index contributed by atoms with van der Waals surface area (Å²) in [5.74, 6) is 0.245. The lowest BCUT2D eigenvalue weighted by molar-refractivity contribution is -0.137. The molecule has 2 rings (SSSR count). The summed E-state index contributed by atoms with van der Waals surface area (Å²) >= 11 is 0. The Bertz CT molecular complexity index is 538. The SMILES string of the molecule is Nc1n[nH]nc1COc1cccc(C(F)(F)F)c1. The minimum Gasteiger partial charge on any atom is -0.487 e. The number of anilines is 1. The van der Waals surface area contributed by atoms with Crippen LogP contribution in [0.4, 0.5) is 19.0 Å². The standard InChI is InChI=1S/C10H9F3N4O/c11-10(12,13)6-2-1-3-7(4-6)18-5-8-9(14)16-17-15-8/h1-4H,5H2,(H3,14,15,16,17). The second kappa shape index (κ2) is 4.55. The number of benzene rings is 1. The van der Waals surface area contributed by atoms with Crippen LogP contribution in [0.2, 0.25) is 0 Å². The average molecular weight is 258 g/mol. The second-order valence-corrected chi connectivity index (χ2v) is 3.47. The molecule has 5 nitrogen and oxygen atoms in total. The fraction of sp³-hybridized carbons (Fsp3) is 0.200. The predicted molar refractivity (Wildman–Crippen MR) is 56.6 cm³/mol. The summed E-state index contributed by atoms with van der Waals surface area (Å²) in [6, 6.07) is 4.57. The number of nitrogens with zero attached hydrogens (tertiary/aromatic N) is 2. The molecule has 2 aromatic rings. The van der Waals surface area contributed by atoms with Crippen LogP contribution < -0.4 is 10.5 Å². The van der Waals surface area contributed by atoms with Crippen molar-refractivity contribution in [3.8, 4) is 5.75 Å². The summed E-state index contributed by atoms with van der Waals surface area (Å²) < 4.78 is 42.5. The first-order chi connectivity index (χ1) is 8.47. The molecule has 0 spiro atoms. The van der Waals surface area contributed by atoms with Crippen molar-refractivity contribution in [2.45, 2.75) is 12.8 Å². The molecule has 18 heavy (non-hydrogen) atoms. The number of rotatable bonds is 3. The van der Waals surface area contributed by atoms with Gasteiger partial charge in [-0.2, -0.15) is 23.5 Å². The third kappa shape index (κ3) is 2.70. The number of hydrogen-bond acceptors (Lipinski definition) is 4. The van der Waals surface area contributed by atoms with Crippen LogP contribution in [0.15, 0.2) is 24.3 Å². The molecule has 1 aromatic heterocycles. The van der Waals surface area contributed by atoms with E-state index < -0.39 is 11.7 Å². The molecule has 0 aliphatic carbocycles. The van der Waals surface area contributed by atoms with E-state index in [9.17, 15) is 13.2 Å². The first-order valence-corrected chi connectivity index (χ1v) is 4.92. The molecule has 0 atom stereocenters. The van der Waals surface area contributed by atoms with E-state index in [1.54, 1.807) is 0 Å². The zero-order valence-corrected chi connectivity index (χ0v) is 9.03. The molecular weight excluding hydrogens is 249 g/mol. The van der Waals surface area contributed by atoms with Crippen LogP contribution in [0.25, 0.3) is 0 Å². The third-order valence-electron chi connectivity index (χ3n) is 2.19. The molecule has 0 aliphatic rings. The zero-order valence-electron chi connectivity index (χ0n) is 9.03. The van der Waals surface area contributed by atoms with Crippen LogP contribution in [-0.2, 0) is 12.8 Å². The van der Waals surface area contributed by atoms with E-state index in [4.69, 9.17) is 10.5 Å². The molecular formula is C10H9F3N4O. The summed E-state index contributed by atoms with van der Waals surface area (Å²) in [7, 11) is 0. The van der Waals surface area contributed by atoms with Crippen LogP contribution >= 0.6 is 0 Å². The zero-order chi connectivity index (χ0) is 13.2. The van der Waals surface area contributed by atoms with Gasteiger partial charge >= 0.3 is 6.18 Å². The lowest BCUT2D eigenvalue weighted by Gasteiger charge is -2.09. The summed E-state index contributed by atoms with van der Waals surface area (Å²) in [6.45, 7) is -0.0519. The number of ether oxygens (including phenoxy) is 1. The van der Waals surface area contributed by atoms with E-state index in [-0.39, 0.29) is 18.2 Å². The number of nitrogen functional groups attached to an aromatic ring is 1. The highest BCUT2D eigenvalue weighted by Gasteiger charge is 2.30. The summed E-state index contributed by atoms with van der Waals surface area (Å²) in [5, 5.41) is 9.55. The van der Waals surface area contributed by atoms with Gasteiger partial charge in [-0.3, -0.25) is 0 Å². The molecule has 0 amide bonds. The van der Waals surface area contributed by atoms with Gasteiger partial charge in [0.15, 0.2) is 5.82 Å². The molecule has 0 saturated heterocycles. The number of halogens is 3. The van der Waals surface area contributed by atoms with Gasteiger partial charge in [0.25, 0.3) is 0 Å². The Morgan fingerprint density at radius 2 is 2.06 bits per heavy atom. The molecule has 0 fully saturated rings. The number of nitrogens with one attached hydrogen (secondary N) is 1. The first-order valence-electron chi connectivity index (χ1n) is 4.92. The molecule has 8 heteroatoms. The van der Waals surface area contributed by atoms with Gasteiger partial charge < -0.3 is 10.5 Å². The number of nitrogens with two attached hydrogens (primary N) is 1. The van der Waals surface area contributed by atoms with Crippen molar-refractivity contribution >= 4 is 5.82 Å². The van der Waals surface area contributed by atoms with Crippen LogP contribution in [-0.4, -0.2) is 15.4 Å². The maximum atomic E-state index is 12.4. The maximum absolute atomic E-state index is 12.4. The van der Waals surface area contributed by atoms with Crippen LogP contribution in [0.1, 0.15) is 11.3 Å².